The highest BCUT2D eigenvalue weighted by molar-refractivity contribution is 7.90. The molecule has 3 fully saturated rings. The molecule has 2 N–H and O–H groups in total. The normalized spacial score (nSPS) is 26.4. The second kappa shape index (κ2) is 7.99. The van der Waals surface area contributed by atoms with E-state index >= 15 is 4.39 Å². The fraction of sp³-hybridized carbons (Fsp3) is 0.458. The Morgan fingerprint density at radius 1 is 1.19 bits per heavy atom. The number of likely N-dealkylation sites (tertiary alicyclic amines) is 1. The number of aromatic nitrogens is 1. The number of nitrogens with zero attached hydrogens (tertiary/aromatic N) is 2. The minimum absolute atomic E-state index is 0.0685. The molecule has 3 unspecified atom stereocenters. The first-order chi connectivity index (χ1) is 16.7. The van der Waals surface area contributed by atoms with Gasteiger partial charge >= 0.3 is 6.18 Å². The molecule has 4 atom stereocenters. The van der Waals surface area contributed by atoms with Gasteiger partial charge in [0.1, 0.15) is 11.9 Å². The highest BCUT2D eigenvalue weighted by Crippen LogP contribution is 2.69. The van der Waals surface area contributed by atoms with Crippen LogP contribution in [0.5, 0.6) is 0 Å². The smallest absolute Gasteiger partial charge is 0.368 e. The van der Waals surface area contributed by atoms with Gasteiger partial charge in [-0.25, -0.2) is 12.8 Å². The van der Waals surface area contributed by atoms with Crippen LogP contribution in [0.4, 0.5) is 17.6 Å². The molecular formula is C24H23F4N3O4S. The van der Waals surface area contributed by atoms with Crippen LogP contribution in [0, 0.1) is 17.7 Å². The Kier molecular flexibility index (Phi) is 5.47. The first-order valence-electron chi connectivity index (χ1n) is 11.4. The van der Waals surface area contributed by atoms with E-state index in [2.05, 4.69) is 4.98 Å². The Labute approximate surface area is 204 Å². The Morgan fingerprint density at radius 3 is 2.44 bits per heavy atom. The zero-order valence-electron chi connectivity index (χ0n) is 19.1. The maximum absolute atomic E-state index is 15.2. The van der Waals surface area contributed by atoms with E-state index < -0.39 is 56.7 Å². The van der Waals surface area contributed by atoms with Crippen molar-refractivity contribution in [2.75, 3.05) is 6.26 Å². The third kappa shape index (κ3) is 3.95. The maximum atomic E-state index is 15.2. The van der Waals surface area contributed by atoms with Crippen molar-refractivity contribution in [1.29, 1.82) is 0 Å². The number of alkyl halides is 3. The van der Waals surface area contributed by atoms with Crippen molar-refractivity contribution in [3.8, 4) is 0 Å². The van der Waals surface area contributed by atoms with Gasteiger partial charge in [0.05, 0.1) is 21.6 Å². The molecule has 1 aromatic heterocycles. The molecular weight excluding hydrogens is 502 g/mol. The van der Waals surface area contributed by atoms with Crippen LogP contribution in [0.3, 0.4) is 0 Å². The number of rotatable bonds is 6. The van der Waals surface area contributed by atoms with E-state index in [4.69, 9.17) is 5.73 Å². The van der Waals surface area contributed by atoms with E-state index in [-0.39, 0.29) is 34.3 Å². The molecule has 12 heteroatoms. The molecule has 2 saturated carbocycles. The number of fused-ring (bicyclic) bond motifs is 1. The maximum Gasteiger partial charge on any atom is 0.416 e. The van der Waals surface area contributed by atoms with Crippen LogP contribution >= 0.6 is 0 Å². The Morgan fingerprint density at radius 2 is 1.89 bits per heavy atom. The summed E-state index contributed by atoms with van der Waals surface area (Å²) in [4.78, 5) is 31.1. The molecule has 0 radical (unpaired) electrons. The van der Waals surface area contributed by atoms with Crippen molar-refractivity contribution in [3.05, 3.63) is 59.2 Å². The topological polar surface area (TPSA) is 110 Å². The lowest BCUT2D eigenvalue weighted by molar-refractivity contribution is -0.137. The zero-order chi connectivity index (χ0) is 26.2. The summed E-state index contributed by atoms with van der Waals surface area (Å²) in [6.45, 7) is 0. The number of sulfone groups is 1. The lowest BCUT2D eigenvalue weighted by Gasteiger charge is -2.39. The van der Waals surface area contributed by atoms with Crippen LogP contribution in [-0.4, -0.2) is 48.0 Å². The van der Waals surface area contributed by atoms with E-state index in [1.54, 1.807) is 0 Å². The highest BCUT2D eigenvalue weighted by atomic mass is 32.2. The van der Waals surface area contributed by atoms with E-state index in [1.165, 1.54) is 11.1 Å². The summed E-state index contributed by atoms with van der Waals surface area (Å²) >= 11 is 0. The van der Waals surface area contributed by atoms with Crippen LogP contribution < -0.4 is 5.73 Å². The number of piperidine rings is 1. The molecule has 5 rings (SSSR count). The van der Waals surface area contributed by atoms with E-state index in [0.29, 0.717) is 25.3 Å². The summed E-state index contributed by atoms with van der Waals surface area (Å²) in [5.41, 5.74) is 3.50. The fourth-order valence-corrected chi connectivity index (χ4v) is 6.48. The fourth-order valence-electron chi connectivity index (χ4n) is 5.88. The third-order valence-corrected chi connectivity index (χ3v) is 8.70. The molecule has 1 saturated heterocycles. The number of hydrogen-bond donors (Lipinski definition) is 1. The van der Waals surface area contributed by atoms with Gasteiger partial charge in [-0.2, -0.15) is 13.2 Å². The summed E-state index contributed by atoms with van der Waals surface area (Å²) in [6, 6.07) is 2.56. The van der Waals surface area contributed by atoms with Crippen LogP contribution in [0.25, 0.3) is 0 Å². The van der Waals surface area contributed by atoms with Crippen LogP contribution in [0.1, 0.15) is 53.1 Å². The summed E-state index contributed by atoms with van der Waals surface area (Å²) in [5.74, 6) is -3.36. The second-order valence-electron chi connectivity index (χ2n) is 9.95. The SMILES string of the molecule is CS(=O)(=O)c1cncc(C(=O)N2C(C(N)=O)CC3CC32[C@@H](c2ccc(C(F)(F)F)cc2F)C2CC2)c1. The molecule has 2 heterocycles. The summed E-state index contributed by atoms with van der Waals surface area (Å²) in [5, 5.41) is 0. The summed E-state index contributed by atoms with van der Waals surface area (Å²) < 4.78 is 78.6. The number of carbonyl (C=O) groups is 2. The quantitative estimate of drug-likeness (QED) is 0.582. The van der Waals surface area contributed by atoms with Crippen LogP contribution in [0.15, 0.2) is 41.6 Å². The molecule has 36 heavy (non-hydrogen) atoms. The van der Waals surface area contributed by atoms with Crippen molar-refractivity contribution in [1.82, 2.24) is 9.88 Å². The minimum atomic E-state index is -4.71. The molecule has 0 spiro atoms. The molecule has 1 aromatic carbocycles. The number of halogens is 4. The van der Waals surface area contributed by atoms with Gasteiger partial charge in [-0.1, -0.05) is 6.07 Å². The summed E-state index contributed by atoms with van der Waals surface area (Å²) in [6.07, 6.45) is 0.622. The monoisotopic (exact) mass is 525 g/mol. The third-order valence-electron chi connectivity index (χ3n) is 7.62. The number of pyridine rings is 1. The Balaban J connectivity index is 1.60. The lowest BCUT2D eigenvalue weighted by Crippen LogP contribution is -2.53. The number of carbonyl (C=O) groups excluding carboxylic acids is 2. The molecule has 2 aliphatic carbocycles. The number of benzene rings is 1. The highest BCUT2D eigenvalue weighted by Gasteiger charge is 2.73. The first kappa shape index (κ1) is 24.7. The Bertz CT molecular complexity index is 1380. The number of nitrogens with two attached hydrogens (primary N) is 1. The van der Waals surface area contributed by atoms with Gasteiger partial charge in [0.15, 0.2) is 9.84 Å². The van der Waals surface area contributed by atoms with E-state index in [0.717, 1.165) is 30.7 Å². The van der Waals surface area contributed by atoms with Crippen LogP contribution in [0.2, 0.25) is 0 Å². The molecule has 7 nitrogen and oxygen atoms in total. The van der Waals surface area contributed by atoms with Crippen molar-refractivity contribution < 1.29 is 35.6 Å². The predicted molar refractivity (Wildman–Crippen MR) is 119 cm³/mol. The molecule has 192 valence electrons. The van der Waals surface area contributed by atoms with Gasteiger partial charge < -0.3 is 10.6 Å². The second-order valence-corrected chi connectivity index (χ2v) is 12.0. The predicted octanol–water partition coefficient (Wildman–Crippen LogP) is 3.30. The van der Waals surface area contributed by atoms with Gasteiger partial charge in [0.25, 0.3) is 5.91 Å². The first-order valence-corrected chi connectivity index (χ1v) is 13.3. The molecule has 1 aliphatic heterocycles. The molecule has 2 aromatic rings. The van der Waals surface area contributed by atoms with Crippen molar-refractivity contribution in [2.24, 2.45) is 17.6 Å². The Hall–Kier alpha value is -3.02. The van der Waals surface area contributed by atoms with Gasteiger partial charge in [-0.3, -0.25) is 14.6 Å². The molecule has 0 bridgehead atoms. The zero-order valence-corrected chi connectivity index (χ0v) is 19.9. The van der Waals surface area contributed by atoms with Crippen molar-refractivity contribution in [3.63, 3.8) is 0 Å². The number of hydrogen-bond acceptors (Lipinski definition) is 5. The summed E-state index contributed by atoms with van der Waals surface area (Å²) in [7, 11) is -3.68. The average molecular weight is 526 g/mol. The lowest BCUT2D eigenvalue weighted by atomic mass is 9.82. The van der Waals surface area contributed by atoms with Gasteiger partial charge in [-0.15, -0.1) is 0 Å². The largest absolute Gasteiger partial charge is 0.416 e. The van der Waals surface area contributed by atoms with Crippen molar-refractivity contribution in [2.45, 2.75) is 54.3 Å². The van der Waals surface area contributed by atoms with Crippen LogP contribution in [-0.2, 0) is 20.8 Å². The van der Waals surface area contributed by atoms with E-state index in [1.807, 2.05) is 0 Å². The minimum Gasteiger partial charge on any atom is -0.368 e. The van der Waals surface area contributed by atoms with Gasteiger partial charge in [0, 0.05) is 24.6 Å². The van der Waals surface area contributed by atoms with E-state index in [9.17, 15) is 31.2 Å². The van der Waals surface area contributed by atoms with Crippen molar-refractivity contribution >= 4 is 21.7 Å². The average Bonchev–Trinajstić information content (AvgIpc) is 3.71. The van der Waals surface area contributed by atoms with Gasteiger partial charge in [0.2, 0.25) is 5.91 Å². The van der Waals surface area contributed by atoms with Gasteiger partial charge in [-0.05, 0) is 61.3 Å². The molecule has 2 amide bonds. The number of amides is 2. The standard InChI is InChI=1S/C24H23F4N3O4S/c1-36(34,35)16-6-13(10-30-11-16)22(33)31-19(21(29)32)8-15-9-23(15,31)20(12-2-3-12)17-5-4-14(7-18(17)25)24(26,27)28/h4-7,10-12,15,19-20H,2-3,8-9H2,1H3,(H2,29,32)/t15?,19?,20-,23?/m1/s1. The molecule has 3 aliphatic rings. The number of primary amides is 1.